The zero-order valence-electron chi connectivity index (χ0n) is 17.7. The van der Waals surface area contributed by atoms with E-state index in [1.54, 1.807) is 30.3 Å². The number of carbonyl (C=O) groups is 2. The number of benzene rings is 2. The van der Waals surface area contributed by atoms with Crippen LogP contribution in [0.5, 0.6) is 17.2 Å². The minimum absolute atomic E-state index is 0.00432. The van der Waals surface area contributed by atoms with Crippen LogP contribution in [0.4, 0.5) is 5.13 Å². The molecule has 2 aromatic carbocycles. The molecular formula is C22H21N3O5S2. The second-order valence-electron chi connectivity index (χ2n) is 6.23. The van der Waals surface area contributed by atoms with Crippen molar-refractivity contribution in [3.05, 3.63) is 59.7 Å². The summed E-state index contributed by atoms with van der Waals surface area (Å²) in [5, 5.41) is 11.0. The van der Waals surface area contributed by atoms with Gasteiger partial charge in [-0.3, -0.25) is 14.9 Å². The topological polar surface area (TPSA) is 99.6 Å². The minimum atomic E-state index is -0.369. The van der Waals surface area contributed by atoms with E-state index in [1.165, 1.54) is 50.5 Å². The van der Waals surface area contributed by atoms with Crippen molar-refractivity contribution >= 4 is 46.0 Å². The van der Waals surface area contributed by atoms with Gasteiger partial charge in [0.25, 0.3) is 0 Å². The fourth-order valence-electron chi connectivity index (χ4n) is 2.67. The third-order valence-electron chi connectivity index (χ3n) is 4.17. The molecule has 0 radical (unpaired) electrons. The van der Waals surface area contributed by atoms with Crippen LogP contribution in [-0.2, 0) is 4.79 Å². The monoisotopic (exact) mass is 471 g/mol. The van der Waals surface area contributed by atoms with Crippen molar-refractivity contribution in [1.29, 1.82) is 0 Å². The van der Waals surface area contributed by atoms with E-state index in [2.05, 4.69) is 15.5 Å². The van der Waals surface area contributed by atoms with Crippen molar-refractivity contribution in [2.75, 3.05) is 32.4 Å². The van der Waals surface area contributed by atoms with Gasteiger partial charge in [-0.25, -0.2) is 0 Å². The Balaban J connectivity index is 1.58. The normalized spacial score (nSPS) is 10.7. The van der Waals surface area contributed by atoms with Crippen molar-refractivity contribution < 1.29 is 23.8 Å². The Kier molecular flexibility index (Phi) is 8.23. The molecular weight excluding hydrogens is 450 g/mol. The smallest absolute Gasteiger partial charge is 0.250 e. The van der Waals surface area contributed by atoms with Gasteiger partial charge in [0.1, 0.15) is 0 Å². The van der Waals surface area contributed by atoms with E-state index in [4.69, 9.17) is 14.2 Å². The number of rotatable bonds is 10. The maximum absolute atomic E-state index is 12.3. The van der Waals surface area contributed by atoms with Gasteiger partial charge in [0.15, 0.2) is 21.6 Å². The summed E-state index contributed by atoms with van der Waals surface area (Å²) in [4.78, 5) is 24.5. The molecule has 3 rings (SSSR count). The van der Waals surface area contributed by atoms with Crippen molar-refractivity contribution in [1.82, 2.24) is 10.2 Å². The Morgan fingerprint density at radius 1 is 1.03 bits per heavy atom. The quantitative estimate of drug-likeness (QED) is 0.203. The highest BCUT2D eigenvalue weighted by Gasteiger charge is 2.13. The van der Waals surface area contributed by atoms with Gasteiger partial charge in [0.2, 0.25) is 16.8 Å². The number of aromatic nitrogens is 2. The molecule has 32 heavy (non-hydrogen) atoms. The van der Waals surface area contributed by atoms with Crippen LogP contribution < -0.4 is 19.5 Å². The van der Waals surface area contributed by atoms with Crippen LogP contribution in [-0.4, -0.2) is 49.0 Å². The highest BCUT2D eigenvalue weighted by atomic mass is 32.2. The number of nitrogens with one attached hydrogen (secondary N) is 1. The number of Topliss-reactive ketones (excluding diaryl/α,β-unsaturated/α-hetero) is 1. The van der Waals surface area contributed by atoms with Gasteiger partial charge < -0.3 is 14.2 Å². The molecule has 0 saturated carbocycles. The summed E-state index contributed by atoms with van der Waals surface area (Å²) < 4.78 is 16.5. The lowest BCUT2D eigenvalue weighted by atomic mass is 10.1. The van der Waals surface area contributed by atoms with Crippen molar-refractivity contribution in [2.45, 2.75) is 4.34 Å². The van der Waals surface area contributed by atoms with Crippen molar-refractivity contribution in [3.8, 4) is 17.2 Å². The number of carbonyl (C=O) groups excluding carboxylic acids is 2. The molecule has 10 heteroatoms. The van der Waals surface area contributed by atoms with E-state index >= 15 is 0 Å². The maximum Gasteiger partial charge on any atom is 0.250 e. The molecule has 0 aliphatic rings. The lowest BCUT2D eigenvalue weighted by molar-refractivity contribution is -0.111. The van der Waals surface area contributed by atoms with Gasteiger partial charge in [-0.05, 0) is 23.8 Å². The van der Waals surface area contributed by atoms with Crippen LogP contribution >= 0.6 is 23.1 Å². The standard InChI is InChI=1S/C22H21N3O5S2/c1-28-17-11-14(12-18(29-2)20(17)30-3)9-10-19(27)23-21-24-25-22(32-21)31-13-16(26)15-7-5-4-6-8-15/h4-12H,13H2,1-3H3,(H,23,24,27). The number of ketones is 1. The molecule has 0 aliphatic heterocycles. The van der Waals surface area contributed by atoms with Gasteiger partial charge in [0, 0.05) is 11.6 Å². The van der Waals surface area contributed by atoms with E-state index < -0.39 is 0 Å². The fourth-order valence-corrected chi connectivity index (χ4v) is 4.32. The van der Waals surface area contributed by atoms with Crippen LogP contribution in [0.25, 0.3) is 6.08 Å². The zero-order chi connectivity index (χ0) is 22.9. The average Bonchev–Trinajstić information content (AvgIpc) is 3.27. The van der Waals surface area contributed by atoms with E-state index in [0.717, 1.165) is 0 Å². The van der Waals surface area contributed by atoms with Gasteiger partial charge in [-0.15, -0.1) is 10.2 Å². The van der Waals surface area contributed by atoms with E-state index in [1.807, 2.05) is 18.2 Å². The fraction of sp³-hybridized carbons (Fsp3) is 0.182. The number of hydrogen-bond acceptors (Lipinski definition) is 9. The SMILES string of the molecule is COc1cc(C=CC(=O)Nc2nnc(SCC(=O)c3ccccc3)s2)cc(OC)c1OC. The maximum atomic E-state index is 12.3. The molecule has 1 heterocycles. The first-order chi connectivity index (χ1) is 15.5. The van der Waals surface area contributed by atoms with Crippen molar-refractivity contribution in [3.63, 3.8) is 0 Å². The molecule has 1 N–H and O–H groups in total. The third kappa shape index (κ3) is 6.08. The van der Waals surface area contributed by atoms with Gasteiger partial charge in [-0.2, -0.15) is 0 Å². The highest BCUT2D eigenvalue weighted by Crippen LogP contribution is 2.38. The lowest BCUT2D eigenvalue weighted by Crippen LogP contribution is -2.07. The summed E-state index contributed by atoms with van der Waals surface area (Å²) in [6.45, 7) is 0. The number of amides is 1. The number of methoxy groups -OCH3 is 3. The second-order valence-corrected chi connectivity index (χ2v) is 8.43. The van der Waals surface area contributed by atoms with Crippen LogP contribution in [0, 0.1) is 0 Å². The molecule has 0 atom stereocenters. The molecule has 0 unspecified atom stereocenters. The van der Waals surface area contributed by atoms with E-state index in [0.29, 0.717) is 37.8 Å². The van der Waals surface area contributed by atoms with Gasteiger partial charge >= 0.3 is 0 Å². The Morgan fingerprint density at radius 3 is 2.34 bits per heavy atom. The van der Waals surface area contributed by atoms with Gasteiger partial charge in [-0.1, -0.05) is 53.4 Å². The minimum Gasteiger partial charge on any atom is -0.493 e. The van der Waals surface area contributed by atoms with E-state index in [-0.39, 0.29) is 17.4 Å². The number of anilines is 1. The molecule has 0 aliphatic carbocycles. The molecule has 0 fully saturated rings. The molecule has 8 nitrogen and oxygen atoms in total. The number of nitrogens with zero attached hydrogens (tertiary/aromatic N) is 2. The average molecular weight is 472 g/mol. The lowest BCUT2D eigenvalue weighted by Gasteiger charge is -2.12. The Bertz CT molecular complexity index is 1090. The highest BCUT2D eigenvalue weighted by molar-refractivity contribution is 8.01. The van der Waals surface area contributed by atoms with Crippen LogP contribution in [0.15, 0.2) is 52.9 Å². The Morgan fingerprint density at radius 2 is 1.72 bits per heavy atom. The first-order valence-electron chi connectivity index (χ1n) is 9.37. The largest absolute Gasteiger partial charge is 0.493 e. The van der Waals surface area contributed by atoms with Crippen LogP contribution in [0.3, 0.4) is 0 Å². The number of hydrogen-bond donors (Lipinski definition) is 1. The summed E-state index contributed by atoms with van der Waals surface area (Å²) in [6.07, 6.45) is 2.99. The van der Waals surface area contributed by atoms with Crippen LogP contribution in [0.2, 0.25) is 0 Å². The molecule has 1 amide bonds. The molecule has 166 valence electrons. The predicted molar refractivity (Wildman–Crippen MR) is 125 cm³/mol. The Labute approximate surface area is 193 Å². The predicted octanol–water partition coefficient (Wildman–Crippen LogP) is 4.19. The van der Waals surface area contributed by atoms with Crippen LogP contribution in [0.1, 0.15) is 15.9 Å². The molecule has 0 saturated heterocycles. The molecule has 3 aromatic rings. The first-order valence-corrected chi connectivity index (χ1v) is 11.2. The molecule has 0 spiro atoms. The summed E-state index contributed by atoms with van der Waals surface area (Å²) in [7, 11) is 4.57. The summed E-state index contributed by atoms with van der Waals surface area (Å²) in [5.41, 5.74) is 1.34. The first kappa shape index (κ1) is 23.3. The summed E-state index contributed by atoms with van der Waals surface area (Å²) in [6, 6.07) is 12.5. The molecule has 1 aromatic heterocycles. The van der Waals surface area contributed by atoms with Gasteiger partial charge in [0.05, 0.1) is 27.1 Å². The third-order valence-corrected chi connectivity index (χ3v) is 6.15. The molecule has 0 bridgehead atoms. The number of ether oxygens (including phenoxy) is 3. The number of thioether (sulfide) groups is 1. The Hall–Kier alpha value is -3.37. The van der Waals surface area contributed by atoms with E-state index in [9.17, 15) is 9.59 Å². The second kappa shape index (κ2) is 11.3. The zero-order valence-corrected chi connectivity index (χ0v) is 19.3. The summed E-state index contributed by atoms with van der Waals surface area (Å²) in [5.74, 6) is 1.33. The summed E-state index contributed by atoms with van der Waals surface area (Å²) >= 11 is 2.48. The van der Waals surface area contributed by atoms with Crippen molar-refractivity contribution in [2.24, 2.45) is 0 Å².